The number of hydrazine groups is 1. The van der Waals surface area contributed by atoms with Gasteiger partial charge in [0, 0.05) is 6.07 Å². The van der Waals surface area contributed by atoms with E-state index in [1.807, 2.05) is 0 Å². The summed E-state index contributed by atoms with van der Waals surface area (Å²) < 4.78 is 31.4. The van der Waals surface area contributed by atoms with Gasteiger partial charge >= 0.3 is 0 Å². The van der Waals surface area contributed by atoms with E-state index in [0.717, 1.165) is 12.1 Å². The van der Waals surface area contributed by atoms with Gasteiger partial charge in [-0.15, -0.1) is 0 Å². The molecule has 7 nitrogen and oxygen atoms in total. The van der Waals surface area contributed by atoms with Crippen molar-refractivity contribution in [3.05, 3.63) is 36.0 Å². The molecule has 20 heavy (non-hydrogen) atoms. The number of nitrogens with two attached hydrogens (primary N) is 1. The monoisotopic (exact) mass is 278 g/mol. The van der Waals surface area contributed by atoms with Gasteiger partial charge in [-0.1, -0.05) is 0 Å². The number of nitrogen functional groups attached to an aromatic ring is 1. The van der Waals surface area contributed by atoms with Gasteiger partial charge in [-0.25, -0.2) is 14.6 Å². The molecule has 0 aliphatic heterocycles. The molecule has 0 bridgehead atoms. The first kappa shape index (κ1) is 12.2. The summed E-state index contributed by atoms with van der Waals surface area (Å²) in [6, 6.07) is 3.15. The lowest BCUT2D eigenvalue weighted by Crippen LogP contribution is -2.10. The Labute approximate surface area is 110 Å². The second-order valence-corrected chi connectivity index (χ2v) is 3.81. The molecule has 0 saturated heterocycles. The van der Waals surface area contributed by atoms with Crippen LogP contribution < -0.4 is 16.0 Å². The normalized spacial score (nSPS) is 10.8. The van der Waals surface area contributed by atoms with Gasteiger partial charge in [0.05, 0.1) is 6.20 Å². The molecule has 2 aromatic heterocycles. The van der Waals surface area contributed by atoms with E-state index in [9.17, 15) is 8.78 Å². The van der Waals surface area contributed by atoms with Crippen LogP contribution in [0.1, 0.15) is 0 Å². The molecule has 0 spiro atoms. The van der Waals surface area contributed by atoms with Crippen molar-refractivity contribution in [3.63, 3.8) is 0 Å². The molecular formula is C11H8F2N6O. The summed E-state index contributed by atoms with van der Waals surface area (Å²) in [5.74, 6) is 3.57. The molecule has 0 aliphatic rings. The number of benzene rings is 1. The quantitative estimate of drug-likeness (QED) is 0.498. The predicted molar refractivity (Wildman–Crippen MR) is 65.9 cm³/mol. The molecular weight excluding hydrogens is 270 g/mol. The Balaban J connectivity index is 2.04. The van der Waals surface area contributed by atoms with E-state index in [1.165, 1.54) is 12.3 Å². The number of nitrogens with one attached hydrogen (secondary N) is 2. The first-order valence-corrected chi connectivity index (χ1v) is 5.48. The van der Waals surface area contributed by atoms with Crippen LogP contribution in [-0.4, -0.2) is 20.2 Å². The summed E-state index contributed by atoms with van der Waals surface area (Å²) in [7, 11) is 0. The number of hydrogen-bond acceptors (Lipinski definition) is 6. The Morgan fingerprint density at radius 1 is 1.20 bits per heavy atom. The van der Waals surface area contributed by atoms with E-state index in [0.29, 0.717) is 11.0 Å². The van der Waals surface area contributed by atoms with Gasteiger partial charge < -0.3 is 4.74 Å². The molecule has 3 aromatic rings. The standard InChI is InChI=1S/C11H8F2N6O/c12-7-2-1-5(3-8(7)13)20-10-6-4-15-19-9(6)16-11(17-10)18-14/h1-4H,14H2,(H2,15,16,17,18,19). The second-order valence-electron chi connectivity index (χ2n) is 3.81. The lowest BCUT2D eigenvalue weighted by atomic mass is 10.3. The molecule has 0 aliphatic carbocycles. The summed E-state index contributed by atoms with van der Waals surface area (Å²) in [6.07, 6.45) is 1.45. The summed E-state index contributed by atoms with van der Waals surface area (Å²) in [6.45, 7) is 0. The minimum atomic E-state index is -1.02. The van der Waals surface area contributed by atoms with Crippen molar-refractivity contribution in [1.82, 2.24) is 20.2 Å². The Bertz CT molecular complexity index is 775. The van der Waals surface area contributed by atoms with Crippen LogP contribution in [0.25, 0.3) is 11.0 Å². The van der Waals surface area contributed by atoms with Crippen LogP contribution in [0.3, 0.4) is 0 Å². The zero-order valence-corrected chi connectivity index (χ0v) is 9.89. The molecule has 0 atom stereocenters. The molecule has 2 heterocycles. The number of aromatic nitrogens is 4. The highest BCUT2D eigenvalue weighted by Crippen LogP contribution is 2.27. The Morgan fingerprint density at radius 3 is 2.80 bits per heavy atom. The zero-order valence-electron chi connectivity index (χ0n) is 9.89. The van der Waals surface area contributed by atoms with Gasteiger partial charge in [0.25, 0.3) is 0 Å². The first-order chi connectivity index (χ1) is 9.67. The van der Waals surface area contributed by atoms with Crippen molar-refractivity contribution in [2.45, 2.75) is 0 Å². The van der Waals surface area contributed by atoms with E-state index < -0.39 is 11.6 Å². The smallest absolute Gasteiger partial charge is 0.242 e. The number of anilines is 1. The molecule has 0 saturated carbocycles. The zero-order chi connectivity index (χ0) is 14.1. The van der Waals surface area contributed by atoms with E-state index >= 15 is 0 Å². The van der Waals surface area contributed by atoms with Gasteiger partial charge in [-0.2, -0.15) is 15.1 Å². The number of hydrogen-bond donors (Lipinski definition) is 3. The summed E-state index contributed by atoms with van der Waals surface area (Å²) >= 11 is 0. The minimum Gasteiger partial charge on any atom is -0.438 e. The van der Waals surface area contributed by atoms with Gasteiger partial charge in [0.2, 0.25) is 11.8 Å². The average molecular weight is 278 g/mol. The third kappa shape index (κ3) is 2.10. The molecule has 0 amide bonds. The van der Waals surface area contributed by atoms with Crippen LogP contribution in [0.15, 0.2) is 24.4 Å². The summed E-state index contributed by atoms with van der Waals surface area (Å²) in [5.41, 5.74) is 2.67. The van der Waals surface area contributed by atoms with Crippen LogP contribution in [0, 0.1) is 11.6 Å². The molecule has 0 unspecified atom stereocenters. The van der Waals surface area contributed by atoms with Crippen LogP contribution in [0.2, 0.25) is 0 Å². The number of ether oxygens (including phenoxy) is 1. The van der Waals surface area contributed by atoms with Gasteiger partial charge in [0.15, 0.2) is 17.3 Å². The van der Waals surface area contributed by atoms with E-state index in [2.05, 4.69) is 25.6 Å². The molecule has 0 fully saturated rings. The first-order valence-electron chi connectivity index (χ1n) is 5.48. The lowest BCUT2D eigenvalue weighted by molar-refractivity contribution is 0.452. The predicted octanol–water partition coefficient (Wildman–Crippen LogP) is 1.71. The number of H-pyrrole nitrogens is 1. The third-order valence-electron chi connectivity index (χ3n) is 2.51. The Kier molecular flexibility index (Phi) is 2.88. The van der Waals surface area contributed by atoms with Gasteiger partial charge in [-0.3, -0.25) is 10.5 Å². The number of fused-ring (bicyclic) bond motifs is 1. The van der Waals surface area contributed by atoms with Crippen LogP contribution in [0.5, 0.6) is 11.6 Å². The molecule has 3 rings (SSSR count). The molecule has 102 valence electrons. The third-order valence-corrected chi connectivity index (χ3v) is 2.51. The minimum absolute atomic E-state index is 0.0908. The van der Waals surface area contributed by atoms with Crippen molar-refractivity contribution in [2.24, 2.45) is 5.84 Å². The number of nitrogens with zero attached hydrogens (tertiary/aromatic N) is 3. The number of aromatic amines is 1. The van der Waals surface area contributed by atoms with E-state index in [4.69, 9.17) is 10.6 Å². The molecule has 4 N–H and O–H groups in total. The second kappa shape index (κ2) is 4.70. The highest BCUT2D eigenvalue weighted by Gasteiger charge is 2.12. The maximum Gasteiger partial charge on any atom is 0.242 e. The van der Waals surface area contributed by atoms with Crippen LogP contribution in [0.4, 0.5) is 14.7 Å². The lowest BCUT2D eigenvalue weighted by Gasteiger charge is -2.07. The SMILES string of the molecule is NNc1nc(Oc2ccc(F)c(F)c2)c2cn[nH]c2n1. The van der Waals surface area contributed by atoms with E-state index in [-0.39, 0.29) is 17.6 Å². The highest BCUT2D eigenvalue weighted by molar-refractivity contribution is 5.80. The van der Waals surface area contributed by atoms with Crippen molar-refractivity contribution >= 4 is 17.0 Å². The maximum atomic E-state index is 13.1. The largest absolute Gasteiger partial charge is 0.438 e. The number of halogens is 2. The number of rotatable bonds is 3. The fourth-order valence-electron chi connectivity index (χ4n) is 1.60. The highest BCUT2D eigenvalue weighted by atomic mass is 19.2. The van der Waals surface area contributed by atoms with Crippen LogP contribution in [-0.2, 0) is 0 Å². The fourth-order valence-corrected chi connectivity index (χ4v) is 1.60. The van der Waals surface area contributed by atoms with E-state index in [1.54, 1.807) is 0 Å². The van der Waals surface area contributed by atoms with Crippen molar-refractivity contribution in [2.75, 3.05) is 5.43 Å². The summed E-state index contributed by atoms with van der Waals surface area (Å²) in [5, 5.41) is 6.91. The van der Waals surface area contributed by atoms with Gasteiger partial charge in [-0.05, 0) is 12.1 Å². The van der Waals surface area contributed by atoms with Crippen molar-refractivity contribution < 1.29 is 13.5 Å². The maximum absolute atomic E-state index is 13.1. The van der Waals surface area contributed by atoms with Gasteiger partial charge in [0.1, 0.15) is 11.1 Å². The summed E-state index contributed by atoms with van der Waals surface area (Å²) in [4.78, 5) is 8.00. The Hall–Kier alpha value is -2.81. The average Bonchev–Trinajstić information content (AvgIpc) is 2.91. The van der Waals surface area contributed by atoms with Crippen molar-refractivity contribution in [1.29, 1.82) is 0 Å². The molecule has 0 radical (unpaired) electrons. The molecule has 9 heteroatoms. The Morgan fingerprint density at radius 2 is 2.05 bits per heavy atom. The topological polar surface area (TPSA) is 102 Å². The van der Waals surface area contributed by atoms with Crippen LogP contribution >= 0.6 is 0 Å². The fraction of sp³-hybridized carbons (Fsp3) is 0. The van der Waals surface area contributed by atoms with Crippen molar-refractivity contribution in [3.8, 4) is 11.6 Å². The molecule has 1 aromatic carbocycles.